The van der Waals surface area contributed by atoms with Crippen LogP contribution in [0, 0.1) is 0 Å². The van der Waals surface area contributed by atoms with Crippen LogP contribution >= 0.6 is 11.8 Å². The number of thioether (sulfide) groups is 1. The number of amides is 1. The van der Waals surface area contributed by atoms with Crippen LogP contribution in [-0.2, 0) is 4.79 Å². The van der Waals surface area contributed by atoms with Crippen molar-refractivity contribution in [3.05, 3.63) is 29.8 Å². The van der Waals surface area contributed by atoms with E-state index in [1.807, 2.05) is 6.07 Å². The monoisotopic (exact) mass is 251 g/mol. The maximum atomic E-state index is 11.6. The van der Waals surface area contributed by atoms with Crippen LogP contribution < -0.4 is 5.32 Å². The number of hydrogen-bond acceptors (Lipinski definition) is 3. The summed E-state index contributed by atoms with van der Waals surface area (Å²) in [6, 6.07) is 7.12. The number of carbonyl (C=O) groups is 2. The van der Waals surface area contributed by atoms with Crippen molar-refractivity contribution in [3.63, 3.8) is 0 Å². The van der Waals surface area contributed by atoms with Gasteiger partial charge in [-0.25, -0.2) is 0 Å². The van der Waals surface area contributed by atoms with Gasteiger partial charge in [0.2, 0.25) is 0 Å². The summed E-state index contributed by atoms with van der Waals surface area (Å²) in [6.45, 7) is 2.06. The Bertz CT molecular complexity index is 404. The Morgan fingerprint density at radius 1 is 1.35 bits per heavy atom. The zero-order chi connectivity index (χ0) is 12.7. The second kappa shape index (κ2) is 7.12. The van der Waals surface area contributed by atoms with Crippen LogP contribution in [0.2, 0.25) is 0 Å². The Labute approximate surface area is 106 Å². The number of benzene rings is 1. The molecule has 17 heavy (non-hydrogen) atoms. The molecule has 0 aliphatic heterocycles. The summed E-state index contributed by atoms with van der Waals surface area (Å²) in [5.41, 5.74) is 0.584. The maximum absolute atomic E-state index is 11.6. The van der Waals surface area contributed by atoms with Crippen molar-refractivity contribution < 1.29 is 9.59 Å². The third-order valence-corrected chi connectivity index (χ3v) is 3.21. The van der Waals surface area contributed by atoms with Crippen molar-refractivity contribution in [2.24, 2.45) is 0 Å². The fourth-order valence-electron chi connectivity index (χ4n) is 1.35. The topological polar surface area (TPSA) is 46.2 Å². The highest BCUT2D eigenvalue weighted by Gasteiger charge is 2.07. The highest BCUT2D eigenvalue weighted by Crippen LogP contribution is 2.22. The van der Waals surface area contributed by atoms with Crippen LogP contribution in [0.25, 0.3) is 0 Å². The van der Waals surface area contributed by atoms with E-state index in [0.29, 0.717) is 12.0 Å². The third-order valence-electron chi connectivity index (χ3n) is 2.29. The van der Waals surface area contributed by atoms with E-state index in [1.54, 1.807) is 25.2 Å². The molecule has 1 aromatic carbocycles. The number of unbranched alkanes of at least 4 members (excludes halogenated alkanes) is 1. The van der Waals surface area contributed by atoms with Crippen LogP contribution in [-0.4, -0.2) is 18.1 Å². The van der Waals surface area contributed by atoms with E-state index in [0.717, 1.165) is 17.7 Å². The van der Waals surface area contributed by atoms with E-state index in [9.17, 15) is 9.59 Å². The zero-order valence-electron chi connectivity index (χ0n) is 10.2. The molecule has 1 N–H and O–H groups in total. The molecule has 0 aromatic heterocycles. The Balaban J connectivity index is 2.65. The van der Waals surface area contributed by atoms with E-state index in [4.69, 9.17) is 0 Å². The number of nitrogens with one attached hydrogen (secondary N) is 1. The van der Waals surface area contributed by atoms with Crippen molar-refractivity contribution in [2.75, 3.05) is 7.05 Å². The van der Waals surface area contributed by atoms with Crippen LogP contribution in [0.3, 0.4) is 0 Å². The van der Waals surface area contributed by atoms with E-state index in [-0.39, 0.29) is 11.0 Å². The minimum absolute atomic E-state index is 0.131. The van der Waals surface area contributed by atoms with Gasteiger partial charge in [0.15, 0.2) is 5.12 Å². The average molecular weight is 251 g/mol. The Morgan fingerprint density at radius 2 is 2.12 bits per heavy atom. The molecule has 1 aromatic rings. The standard InChI is InChI=1S/C13H17NO2S/c1-3-4-8-12(15)17-11-7-5-6-10(9-11)13(16)14-2/h5-7,9H,3-4,8H2,1-2H3,(H,14,16). The number of hydrogen-bond donors (Lipinski definition) is 1. The summed E-state index contributed by atoms with van der Waals surface area (Å²) < 4.78 is 0. The first-order valence-electron chi connectivity index (χ1n) is 5.70. The summed E-state index contributed by atoms with van der Waals surface area (Å²) >= 11 is 1.21. The molecule has 1 amide bonds. The molecule has 0 radical (unpaired) electrons. The second-order valence-electron chi connectivity index (χ2n) is 3.68. The first kappa shape index (κ1) is 13.8. The summed E-state index contributed by atoms with van der Waals surface area (Å²) in [6.07, 6.45) is 2.52. The summed E-state index contributed by atoms with van der Waals surface area (Å²) in [5, 5.41) is 2.72. The fraction of sp³-hybridized carbons (Fsp3) is 0.385. The summed E-state index contributed by atoms with van der Waals surface area (Å²) in [5.74, 6) is -0.131. The van der Waals surface area contributed by atoms with Crippen LogP contribution in [0.4, 0.5) is 0 Å². The van der Waals surface area contributed by atoms with Gasteiger partial charge in [-0.3, -0.25) is 9.59 Å². The van der Waals surface area contributed by atoms with Crippen LogP contribution in [0.15, 0.2) is 29.2 Å². The smallest absolute Gasteiger partial charge is 0.251 e. The molecule has 92 valence electrons. The largest absolute Gasteiger partial charge is 0.355 e. The van der Waals surface area contributed by atoms with Crippen molar-refractivity contribution in [1.82, 2.24) is 5.32 Å². The van der Waals surface area contributed by atoms with Gasteiger partial charge in [0.05, 0.1) is 0 Å². The third kappa shape index (κ3) is 4.61. The molecule has 4 heteroatoms. The Hall–Kier alpha value is -1.29. The molecule has 3 nitrogen and oxygen atoms in total. The van der Waals surface area contributed by atoms with Gasteiger partial charge < -0.3 is 5.32 Å². The van der Waals surface area contributed by atoms with E-state index in [1.165, 1.54) is 11.8 Å². The lowest BCUT2D eigenvalue weighted by atomic mass is 10.2. The van der Waals surface area contributed by atoms with E-state index < -0.39 is 0 Å². The average Bonchev–Trinajstić information content (AvgIpc) is 2.35. The van der Waals surface area contributed by atoms with Crippen molar-refractivity contribution in [3.8, 4) is 0 Å². The molecule has 0 saturated carbocycles. The first-order valence-corrected chi connectivity index (χ1v) is 6.52. The first-order chi connectivity index (χ1) is 8.17. The van der Waals surface area contributed by atoms with Crippen molar-refractivity contribution >= 4 is 22.8 Å². The van der Waals surface area contributed by atoms with Gasteiger partial charge in [0, 0.05) is 23.9 Å². The number of carbonyl (C=O) groups excluding carboxylic acids is 2. The molecule has 0 unspecified atom stereocenters. The molecular weight excluding hydrogens is 234 g/mol. The number of rotatable bonds is 5. The SMILES string of the molecule is CCCCC(=O)Sc1cccc(C(=O)NC)c1. The van der Waals surface area contributed by atoms with Gasteiger partial charge in [-0.1, -0.05) is 31.2 Å². The molecule has 0 bridgehead atoms. The van der Waals surface area contributed by atoms with Gasteiger partial charge in [0.1, 0.15) is 0 Å². The lowest BCUT2D eigenvalue weighted by Crippen LogP contribution is -2.17. The minimum atomic E-state index is -0.131. The van der Waals surface area contributed by atoms with Crippen molar-refractivity contribution in [2.45, 2.75) is 31.1 Å². The predicted molar refractivity (Wildman–Crippen MR) is 70.2 cm³/mol. The minimum Gasteiger partial charge on any atom is -0.355 e. The normalized spacial score (nSPS) is 10.0. The molecule has 0 aliphatic rings. The molecule has 0 atom stereocenters. The van der Waals surface area contributed by atoms with E-state index in [2.05, 4.69) is 12.2 Å². The van der Waals surface area contributed by atoms with Crippen molar-refractivity contribution in [1.29, 1.82) is 0 Å². The molecule has 0 spiro atoms. The summed E-state index contributed by atoms with van der Waals surface area (Å²) in [7, 11) is 1.59. The maximum Gasteiger partial charge on any atom is 0.251 e. The van der Waals surface area contributed by atoms with Gasteiger partial charge in [-0.05, 0) is 24.6 Å². The molecule has 0 fully saturated rings. The Morgan fingerprint density at radius 3 is 2.76 bits per heavy atom. The lowest BCUT2D eigenvalue weighted by Gasteiger charge is -2.03. The van der Waals surface area contributed by atoms with Crippen LogP contribution in [0.5, 0.6) is 0 Å². The molecule has 0 heterocycles. The highest BCUT2D eigenvalue weighted by molar-refractivity contribution is 8.13. The van der Waals surface area contributed by atoms with Gasteiger partial charge in [-0.2, -0.15) is 0 Å². The lowest BCUT2D eigenvalue weighted by molar-refractivity contribution is -0.111. The van der Waals surface area contributed by atoms with E-state index >= 15 is 0 Å². The zero-order valence-corrected chi connectivity index (χ0v) is 11.0. The Kier molecular flexibility index (Phi) is 5.77. The van der Waals surface area contributed by atoms with Crippen LogP contribution in [0.1, 0.15) is 36.5 Å². The quantitative estimate of drug-likeness (QED) is 0.818. The molecule has 1 rings (SSSR count). The predicted octanol–water partition coefficient (Wildman–Crippen LogP) is 2.86. The molecule has 0 aliphatic carbocycles. The highest BCUT2D eigenvalue weighted by atomic mass is 32.2. The second-order valence-corrected chi connectivity index (χ2v) is 4.82. The fourth-order valence-corrected chi connectivity index (χ4v) is 2.19. The van der Waals surface area contributed by atoms with Gasteiger partial charge in [0.25, 0.3) is 5.91 Å². The molecule has 0 saturated heterocycles. The van der Waals surface area contributed by atoms with Gasteiger partial charge >= 0.3 is 0 Å². The summed E-state index contributed by atoms with van der Waals surface area (Å²) in [4.78, 5) is 23.8. The molecular formula is C13H17NO2S. The van der Waals surface area contributed by atoms with Gasteiger partial charge in [-0.15, -0.1) is 0 Å².